The number of carbonyl (C=O) groups is 5. The molecule has 1 amide bonds. The van der Waals surface area contributed by atoms with Crippen LogP contribution in [0.3, 0.4) is 0 Å². The monoisotopic (exact) mass is 486 g/mol. The van der Waals surface area contributed by atoms with Gasteiger partial charge in [-0.1, -0.05) is 0 Å². The van der Waals surface area contributed by atoms with E-state index in [2.05, 4.69) is 25.7 Å². The van der Waals surface area contributed by atoms with Gasteiger partial charge in [-0.2, -0.15) is 0 Å². The molecule has 0 saturated carbocycles. The van der Waals surface area contributed by atoms with Gasteiger partial charge in [-0.15, -0.1) is 0 Å². The summed E-state index contributed by atoms with van der Waals surface area (Å²) in [6, 6.07) is 0. The van der Waals surface area contributed by atoms with Crippen LogP contribution in [0, 0.1) is 0 Å². The van der Waals surface area contributed by atoms with E-state index in [4.69, 9.17) is 23.7 Å². The molecule has 2 heterocycles. The fourth-order valence-electron chi connectivity index (χ4n) is 4.01. The van der Waals surface area contributed by atoms with E-state index in [1.54, 1.807) is 4.90 Å². The maximum Gasteiger partial charge on any atom is 0.305 e. The Morgan fingerprint density at radius 1 is 0.676 bits per heavy atom. The SMILES string of the molecule is CC(=O)O[C@@H]1OC(C(=O)N2CCN(C(C)(C)C)CC2)[C@@H](OC(C)=O)[C@H](OC(C)=O)[C@H]1OC(C)=O. The first-order valence-electron chi connectivity index (χ1n) is 11.1. The van der Waals surface area contributed by atoms with E-state index in [1.807, 2.05) is 0 Å². The fourth-order valence-corrected chi connectivity index (χ4v) is 4.01. The molecule has 12 heteroatoms. The lowest BCUT2D eigenvalue weighted by Gasteiger charge is -2.46. The third-order valence-electron chi connectivity index (χ3n) is 5.47. The molecule has 0 spiro atoms. The van der Waals surface area contributed by atoms with E-state index in [-0.39, 0.29) is 5.54 Å². The average molecular weight is 487 g/mol. The van der Waals surface area contributed by atoms with E-state index in [9.17, 15) is 24.0 Å². The number of piperazine rings is 1. The Bertz CT molecular complexity index is 800. The van der Waals surface area contributed by atoms with E-state index in [1.165, 1.54) is 0 Å². The molecule has 0 aromatic rings. The number of hydrogen-bond acceptors (Lipinski definition) is 11. The van der Waals surface area contributed by atoms with Crippen LogP contribution in [0.25, 0.3) is 0 Å². The van der Waals surface area contributed by atoms with Crippen LogP contribution in [-0.2, 0) is 47.7 Å². The number of ether oxygens (including phenoxy) is 5. The second kappa shape index (κ2) is 11.1. The van der Waals surface area contributed by atoms with Crippen molar-refractivity contribution in [1.29, 1.82) is 0 Å². The highest BCUT2D eigenvalue weighted by Gasteiger charge is 2.56. The summed E-state index contributed by atoms with van der Waals surface area (Å²) in [5, 5.41) is 0. The first-order chi connectivity index (χ1) is 15.7. The van der Waals surface area contributed by atoms with Crippen molar-refractivity contribution in [3.05, 3.63) is 0 Å². The lowest BCUT2D eigenvalue weighted by Crippen LogP contribution is -2.66. The second-order valence-electron chi connectivity index (χ2n) is 9.24. The van der Waals surface area contributed by atoms with E-state index in [0.717, 1.165) is 27.7 Å². The third kappa shape index (κ3) is 7.13. The smallest absolute Gasteiger partial charge is 0.305 e. The minimum Gasteiger partial charge on any atom is -0.455 e. The Labute approximate surface area is 198 Å². The van der Waals surface area contributed by atoms with Crippen LogP contribution in [0.1, 0.15) is 48.5 Å². The Balaban J connectivity index is 2.39. The van der Waals surface area contributed by atoms with Crippen molar-refractivity contribution in [2.24, 2.45) is 0 Å². The summed E-state index contributed by atoms with van der Waals surface area (Å²) < 4.78 is 26.8. The van der Waals surface area contributed by atoms with Crippen molar-refractivity contribution in [1.82, 2.24) is 9.80 Å². The van der Waals surface area contributed by atoms with Gasteiger partial charge < -0.3 is 28.6 Å². The summed E-state index contributed by atoms with van der Waals surface area (Å²) in [5.41, 5.74) is -0.0746. The molecule has 0 N–H and O–H groups in total. The summed E-state index contributed by atoms with van der Waals surface area (Å²) in [6.45, 7) is 12.6. The van der Waals surface area contributed by atoms with Crippen LogP contribution in [0.15, 0.2) is 0 Å². The third-order valence-corrected chi connectivity index (χ3v) is 5.47. The van der Waals surface area contributed by atoms with E-state index in [0.29, 0.717) is 26.2 Å². The highest BCUT2D eigenvalue weighted by Crippen LogP contribution is 2.31. The number of carbonyl (C=O) groups excluding carboxylic acids is 5. The van der Waals surface area contributed by atoms with Crippen LogP contribution in [-0.4, -0.2) is 102 Å². The zero-order chi connectivity index (χ0) is 25.8. The molecule has 0 radical (unpaired) electrons. The van der Waals surface area contributed by atoms with Crippen LogP contribution in [0.5, 0.6) is 0 Å². The molecule has 34 heavy (non-hydrogen) atoms. The lowest BCUT2D eigenvalue weighted by molar-refractivity contribution is -0.292. The molecule has 2 fully saturated rings. The molecule has 0 aromatic heterocycles. The van der Waals surface area contributed by atoms with Crippen molar-refractivity contribution in [3.8, 4) is 0 Å². The molecular formula is C22H34N2O10. The highest BCUT2D eigenvalue weighted by molar-refractivity contribution is 5.83. The molecule has 12 nitrogen and oxygen atoms in total. The zero-order valence-electron chi connectivity index (χ0n) is 20.7. The minimum absolute atomic E-state index is 0.0746. The quantitative estimate of drug-likeness (QED) is 0.384. The Morgan fingerprint density at radius 3 is 1.56 bits per heavy atom. The molecule has 0 aromatic carbocycles. The van der Waals surface area contributed by atoms with E-state index < -0.39 is 60.5 Å². The van der Waals surface area contributed by atoms with Gasteiger partial charge in [0.25, 0.3) is 5.91 Å². The largest absolute Gasteiger partial charge is 0.455 e. The molecule has 0 bridgehead atoms. The summed E-state index contributed by atoms with van der Waals surface area (Å²) >= 11 is 0. The normalized spacial score (nSPS) is 28.0. The van der Waals surface area contributed by atoms with Crippen LogP contribution in [0.2, 0.25) is 0 Å². The predicted octanol–water partition coefficient (Wildman–Crippen LogP) is 0.0122. The van der Waals surface area contributed by atoms with Gasteiger partial charge in [0.1, 0.15) is 0 Å². The van der Waals surface area contributed by atoms with Crippen molar-refractivity contribution >= 4 is 29.8 Å². The van der Waals surface area contributed by atoms with Crippen molar-refractivity contribution in [2.45, 2.75) is 84.7 Å². The van der Waals surface area contributed by atoms with Crippen LogP contribution < -0.4 is 0 Å². The summed E-state index contributed by atoms with van der Waals surface area (Å²) in [6.07, 6.45) is -7.39. The second-order valence-corrected chi connectivity index (χ2v) is 9.24. The van der Waals surface area contributed by atoms with E-state index >= 15 is 0 Å². The Morgan fingerprint density at radius 2 is 1.12 bits per heavy atom. The summed E-state index contributed by atoms with van der Waals surface area (Å²) in [5.74, 6) is -3.65. The minimum atomic E-state index is -1.57. The van der Waals surface area contributed by atoms with Crippen LogP contribution >= 0.6 is 0 Å². The maximum absolute atomic E-state index is 13.5. The number of hydrogen-bond donors (Lipinski definition) is 0. The van der Waals surface area contributed by atoms with Gasteiger partial charge in [-0.05, 0) is 20.8 Å². The van der Waals surface area contributed by atoms with Gasteiger partial charge in [-0.25, -0.2) is 0 Å². The number of rotatable bonds is 5. The van der Waals surface area contributed by atoms with Crippen molar-refractivity contribution in [3.63, 3.8) is 0 Å². The van der Waals surface area contributed by atoms with Gasteiger partial charge in [0, 0.05) is 59.4 Å². The van der Waals surface area contributed by atoms with Crippen molar-refractivity contribution < 1.29 is 47.7 Å². The van der Waals surface area contributed by atoms with Gasteiger partial charge >= 0.3 is 23.9 Å². The molecule has 0 aliphatic carbocycles. The Hall–Kier alpha value is -2.73. The van der Waals surface area contributed by atoms with Gasteiger partial charge in [0.05, 0.1) is 0 Å². The predicted molar refractivity (Wildman–Crippen MR) is 115 cm³/mol. The first kappa shape index (κ1) is 27.5. The first-order valence-corrected chi connectivity index (χ1v) is 11.1. The van der Waals surface area contributed by atoms with Gasteiger partial charge in [0.15, 0.2) is 18.3 Å². The topological polar surface area (TPSA) is 138 Å². The Kier molecular flexibility index (Phi) is 9.01. The molecule has 192 valence electrons. The average Bonchev–Trinajstić information content (AvgIpc) is 2.69. The maximum atomic E-state index is 13.5. The van der Waals surface area contributed by atoms with Crippen LogP contribution in [0.4, 0.5) is 0 Å². The van der Waals surface area contributed by atoms with Gasteiger partial charge in [-0.3, -0.25) is 28.9 Å². The summed E-state index contributed by atoms with van der Waals surface area (Å²) in [4.78, 5) is 64.4. The molecule has 2 aliphatic heterocycles. The molecule has 1 unspecified atom stereocenters. The number of esters is 4. The number of amides is 1. The number of nitrogens with zero attached hydrogens (tertiary/aromatic N) is 2. The van der Waals surface area contributed by atoms with Crippen molar-refractivity contribution in [2.75, 3.05) is 26.2 Å². The molecule has 2 rings (SSSR count). The van der Waals surface area contributed by atoms with Gasteiger partial charge in [0.2, 0.25) is 12.4 Å². The highest BCUT2D eigenvalue weighted by atomic mass is 16.7. The fraction of sp³-hybridized carbons (Fsp3) is 0.773. The standard InChI is InChI=1S/C22H34N2O10/c1-12(25)30-16-17(31-13(2)26)19(32-14(3)27)21(33-15(4)28)34-18(16)20(29)23-8-10-24(11-9-23)22(5,6)7/h16-19,21H,8-11H2,1-7H3/t16-,17-,18?,19+,21+/m0/s1. The summed E-state index contributed by atoms with van der Waals surface area (Å²) in [7, 11) is 0. The molecular weight excluding hydrogens is 452 g/mol. The molecule has 5 atom stereocenters. The zero-order valence-corrected chi connectivity index (χ0v) is 20.7. The lowest BCUT2D eigenvalue weighted by atomic mass is 9.96. The molecule has 2 saturated heterocycles. The molecule has 2 aliphatic rings.